The average molecular weight is 464 g/mol. The molecule has 0 bridgehead atoms. The van der Waals surface area contributed by atoms with Gasteiger partial charge in [-0.3, -0.25) is 4.90 Å². The Hall–Kier alpha value is -3.57. The van der Waals surface area contributed by atoms with Crippen molar-refractivity contribution in [3.63, 3.8) is 0 Å². The van der Waals surface area contributed by atoms with Crippen LogP contribution in [0.15, 0.2) is 71.3 Å². The van der Waals surface area contributed by atoms with Crippen molar-refractivity contribution in [1.29, 1.82) is 0 Å². The average Bonchev–Trinajstić information content (AvgIpc) is 3.51. The molecule has 2 aliphatic carbocycles. The molecule has 0 N–H and O–H groups in total. The molecule has 6 rings (SSSR count). The van der Waals surface area contributed by atoms with E-state index in [1.807, 2.05) is 12.1 Å². The highest BCUT2D eigenvalue weighted by atomic mass is 16.5. The van der Waals surface area contributed by atoms with E-state index in [1.165, 1.54) is 27.8 Å². The number of benzene rings is 3. The second-order valence-electron chi connectivity index (χ2n) is 9.97. The van der Waals surface area contributed by atoms with E-state index >= 15 is 0 Å². The molecule has 1 unspecified atom stereocenters. The van der Waals surface area contributed by atoms with Crippen LogP contribution in [-0.2, 0) is 11.2 Å². The van der Waals surface area contributed by atoms with Crippen LogP contribution in [0.2, 0.25) is 0 Å². The molecule has 0 aliphatic heterocycles. The lowest BCUT2D eigenvalue weighted by atomic mass is 9.80. The first-order valence-electron chi connectivity index (χ1n) is 12.4. The van der Waals surface area contributed by atoms with Gasteiger partial charge in [-0.2, -0.15) is 4.98 Å². The van der Waals surface area contributed by atoms with Crippen molar-refractivity contribution in [2.45, 2.75) is 44.7 Å². The maximum absolute atomic E-state index is 11.0. The van der Waals surface area contributed by atoms with Crippen molar-refractivity contribution in [3.05, 3.63) is 83.4 Å². The lowest BCUT2D eigenvalue weighted by Crippen LogP contribution is -2.44. The zero-order chi connectivity index (χ0) is 23.9. The van der Waals surface area contributed by atoms with Crippen LogP contribution in [-0.4, -0.2) is 34.4 Å². The Balaban J connectivity index is 1.21. The van der Waals surface area contributed by atoms with Gasteiger partial charge in [-0.15, -0.1) is 0 Å². The van der Waals surface area contributed by atoms with Gasteiger partial charge in [0, 0.05) is 29.1 Å². The molecule has 0 amide bonds. The second-order valence-corrected chi connectivity index (χ2v) is 9.97. The zero-order valence-corrected chi connectivity index (χ0v) is 20.1. The first-order valence-corrected chi connectivity index (χ1v) is 12.4. The largest absolute Gasteiger partial charge is 0.334 e. The standard InChI is InChI=1S/C30H29N3O2/c1-19-14-24(9-11-26(19)21-6-4-3-5-7-21)30-31-29(32-35-30)23-8-12-27-22(17-23)10-13-28(27)33(2)25-15-20(16-25)18-34/h3-9,11-12,14,17-18,20,25,28H,10,13,15-16H2,1-2H3. The van der Waals surface area contributed by atoms with Gasteiger partial charge in [-0.05, 0) is 85.7 Å². The number of carbonyl (C=O) groups is 1. The van der Waals surface area contributed by atoms with E-state index in [0.29, 0.717) is 23.8 Å². The van der Waals surface area contributed by atoms with Crippen LogP contribution in [0.5, 0.6) is 0 Å². The van der Waals surface area contributed by atoms with Gasteiger partial charge in [-0.1, -0.05) is 53.7 Å². The van der Waals surface area contributed by atoms with Crippen molar-refractivity contribution in [1.82, 2.24) is 15.0 Å². The Kier molecular flexibility index (Phi) is 5.57. The lowest BCUT2D eigenvalue weighted by molar-refractivity contribution is -0.115. The molecule has 5 nitrogen and oxygen atoms in total. The van der Waals surface area contributed by atoms with E-state index in [4.69, 9.17) is 9.51 Å². The molecule has 5 heteroatoms. The van der Waals surface area contributed by atoms with E-state index in [-0.39, 0.29) is 5.92 Å². The smallest absolute Gasteiger partial charge is 0.258 e. The van der Waals surface area contributed by atoms with Gasteiger partial charge in [0.2, 0.25) is 5.82 Å². The number of rotatable bonds is 6. The fourth-order valence-corrected chi connectivity index (χ4v) is 5.68. The molecular formula is C30H29N3O2. The molecular weight excluding hydrogens is 434 g/mol. The first kappa shape index (κ1) is 21.9. The summed E-state index contributed by atoms with van der Waals surface area (Å²) in [5.41, 5.74) is 8.25. The zero-order valence-electron chi connectivity index (χ0n) is 20.1. The van der Waals surface area contributed by atoms with Crippen molar-refractivity contribution in [2.24, 2.45) is 5.92 Å². The van der Waals surface area contributed by atoms with Crippen LogP contribution in [0, 0.1) is 12.8 Å². The van der Waals surface area contributed by atoms with E-state index in [0.717, 1.165) is 43.1 Å². The van der Waals surface area contributed by atoms with E-state index < -0.39 is 0 Å². The fourth-order valence-electron chi connectivity index (χ4n) is 5.68. The van der Waals surface area contributed by atoms with Crippen LogP contribution in [0.4, 0.5) is 0 Å². The summed E-state index contributed by atoms with van der Waals surface area (Å²) in [6.07, 6.45) is 5.25. The highest BCUT2D eigenvalue weighted by Crippen LogP contribution is 2.42. The Morgan fingerprint density at radius 2 is 1.77 bits per heavy atom. The van der Waals surface area contributed by atoms with Crippen molar-refractivity contribution < 1.29 is 9.32 Å². The summed E-state index contributed by atoms with van der Waals surface area (Å²) in [6, 6.07) is 24.1. The topological polar surface area (TPSA) is 59.2 Å². The summed E-state index contributed by atoms with van der Waals surface area (Å²) in [4.78, 5) is 18.2. The van der Waals surface area contributed by atoms with Crippen molar-refractivity contribution in [2.75, 3.05) is 7.05 Å². The van der Waals surface area contributed by atoms with E-state index in [2.05, 4.69) is 78.6 Å². The highest BCUT2D eigenvalue weighted by molar-refractivity contribution is 5.71. The minimum absolute atomic E-state index is 0.247. The van der Waals surface area contributed by atoms with Crippen LogP contribution in [0.1, 0.15) is 42.0 Å². The number of aryl methyl sites for hydroxylation is 2. The maximum Gasteiger partial charge on any atom is 0.258 e. The Bertz CT molecular complexity index is 1370. The summed E-state index contributed by atoms with van der Waals surface area (Å²) >= 11 is 0. The molecule has 0 spiro atoms. The first-order chi connectivity index (χ1) is 17.1. The number of hydrogen-bond donors (Lipinski definition) is 0. The van der Waals surface area contributed by atoms with Crippen molar-refractivity contribution in [3.8, 4) is 34.0 Å². The van der Waals surface area contributed by atoms with Gasteiger partial charge in [0.1, 0.15) is 6.29 Å². The van der Waals surface area contributed by atoms with Gasteiger partial charge in [0.05, 0.1) is 0 Å². The summed E-state index contributed by atoms with van der Waals surface area (Å²) in [6.45, 7) is 2.11. The molecule has 0 radical (unpaired) electrons. The molecule has 176 valence electrons. The predicted molar refractivity (Wildman–Crippen MR) is 137 cm³/mol. The molecule has 1 heterocycles. The number of hydrogen-bond acceptors (Lipinski definition) is 5. The number of carbonyl (C=O) groups excluding carboxylic acids is 1. The molecule has 35 heavy (non-hydrogen) atoms. The molecule has 2 aliphatic rings. The third-order valence-corrected chi connectivity index (χ3v) is 7.84. The molecule has 1 fully saturated rings. The number of fused-ring (bicyclic) bond motifs is 1. The SMILES string of the molecule is Cc1cc(-c2nc(-c3ccc4c(c3)CCC4N(C)C3CC(C=O)C3)no2)ccc1-c1ccccc1. The summed E-state index contributed by atoms with van der Waals surface area (Å²) in [5.74, 6) is 1.41. The minimum Gasteiger partial charge on any atom is -0.334 e. The summed E-state index contributed by atoms with van der Waals surface area (Å²) in [5, 5.41) is 4.29. The van der Waals surface area contributed by atoms with Gasteiger partial charge in [0.15, 0.2) is 0 Å². The second kappa shape index (κ2) is 8.90. The Morgan fingerprint density at radius 1 is 0.971 bits per heavy atom. The Morgan fingerprint density at radius 3 is 2.54 bits per heavy atom. The quantitative estimate of drug-likeness (QED) is 0.315. The summed E-state index contributed by atoms with van der Waals surface area (Å²) < 4.78 is 5.66. The van der Waals surface area contributed by atoms with Gasteiger partial charge in [0.25, 0.3) is 5.89 Å². The van der Waals surface area contributed by atoms with E-state index in [9.17, 15) is 4.79 Å². The monoisotopic (exact) mass is 463 g/mol. The van der Waals surface area contributed by atoms with Gasteiger partial charge >= 0.3 is 0 Å². The van der Waals surface area contributed by atoms with Crippen LogP contribution < -0.4 is 0 Å². The molecule has 0 saturated heterocycles. The van der Waals surface area contributed by atoms with Crippen LogP contribution in [0.25, 0.3) is 34.0 Å². The van der Waals surface area contributed by atoms with Crippen molar-refractivity contribution >= 4 is 6.29 Å². The van der Waals surface area contributed by atoms with Crippen LogP contribution in [0.3, 0.4) is 0 Å². The predicted octanol–water partition coefficient (Wildman–Crippen LogP) is 6.28. The molecule has 1 atom stereocenters. The van der Waals surface area contributed by atoms with E-state index in [1.54, 1.807) is 0 Å². The summed E-state index contributed by atoms with van der Waals surface area (Å²) in [7, 11) is 2.20. The number of nitrogens with zero attached hydrogens (tertiary/aromatic N) is 3. The number of aldehydes is 1. The van der Waals surface area contributed by atoms with Gasteiger partial charge < -0.3 is 9.32 Å². The third kappa shape index (κ3) is 4.00. The fraction of sp³-hybridized carbons (Fsp3) is 0.300. The molecule has 4 aromatic rings. The normalized spacial score (nSPS) is 21.1. The lowest BCUT2D eigenvalue weighted by Gasteiger charge is -2.42. The number of aromatic nitrogens is 2. The molecule has 3 aromatic carbocycles. The molecule has 1 saturated carbocycles. The minimum atomic E-state index is 0.247. The van der Waals surface area contributed by atoms with Crippen LogP contribution >= 0.6 is 0 Å². The molecule has 1 aromatic heterocycles. The van der Waals surface area contributed by atoms with Gasteiger partial charge in [-0.25, -0.2) is 0 Å². The Labute approximate surface area is 205 Å². The third-order valence-electron chi connectivity index (χ3n) is 7.84. The maximum atomic E-state index is 11.0. The highest BCUT2D eigenvalue weighted by Gasteiger charge is 2.37.